The van der Waals surface area contributed by atoms with E-state index in [1.54, 1.807) is 12.3 Å². The molecule has 1 aromatic carbocycles. The summed E-state index contributed by atoms with van der Waals surface area (Å²) in [6, 6.07) is 11.2. The van der Waals surface area contributed by atoms with E-state index < -0.39 is 0 Å². The molecule has 0 radical (unpaired) electrons. The fourth-order valence-electron chi connectivity index (χ4n) is 4.50. The van der Waals surface area contributed by atoms with Gasteiger partial charge in [-0.25, -0.2) is 4.98 Å². The molecule has 2 aromatic rings. The molecule has 1 aromatic heterocycles. The van der Waals surface area contributed by atoms with Crippen LogP contribution in [0, 0.1) is 5.92 Å². The van der Waals surface area contributed by atoms with Crippen LogP contribution in [0.3, 0.4) is 0 Å². The number of ether oxygens (including phenoxy) is 1. The summed E-state index contributed by atoms with van der Waals surface area (Å²) in [5.41, 5.74) is 1.27. The summed E-state index contributed by atoms with van der Waals surface area (Å²) in [5, 5.41) is 6.15. The number of rotatable bonds is 7. The Balaban J connectivity index is 1.31. The summed E-state index contributed by atoms with van der Waals surface area (Å²) in [7, 11) is 0. The molecule has 2 heterocycles. The van der Waals surface area contributed by atoms with Crippen molar-refractivity contribution in [2.45, 2.75) is 51.5 Å². The van der Waals surface area contributed by atoms with Gasteiger partial charge in [0.1, 0.15) is 11.6 Å². The number of nitrogens with one attached hydrogen (secondary N) is 2. The Labute approximate surface area is 189 Å². The largest absolute Gasteiger partial charge is 0.494 e. The van der Waals surface area contributed by atoms with E-state index in [-0.39, 0.29) is 17.7 Å². The van der Waals surface area contributed by atoms with Crippen LogP contribution in [-0.2, 0) is 4.79 Å². The quantitative estimate of drug-likeness (QED) is 0.685. The second-order valence-electron chi connectivity index (χ2n) is 8.57. The van der Waals surface area contributed by atoms with Gasteiger partial charge >= 0.3 is 0 Å². The van der Waals surface area contributed by atoms with Gasteiger partial charge in [0.05, 0.1) is 6.61 Å². The van der Waals surface area contributed by atoms with E-state index in [9.17, 15) is 9.59 Å². The molecule has 1 saturated carbocycles. The van der Waals surface area contributed by atoms with Gasteiger partial charge in [-0.1, -0.05) is 12.8 Å². The molecular weight excluding hydrogens is 404 g/mol. The van der Waals surface area contributed by atoms with Crippen molar-refractivity contribution >= 4 is 23.3 Å². The number of nitrogens with zero attached hydrogens (tertiary/aromatic N) is 2. The maximum atomic E-state index is 12.7. The molecule has 32 heavy (non-hydrogen) atoms. The topological polar surface area (TPSA) is 83.6 Å². The molecule has 0 unspecified atom stereocenters. The highest BCUT2D eigenvalue weighted by atomic mass is 16.5. The van der Waals surface area contributed by atoms with Gasteiger partial charge < -0.3 is 20.3 Å². The fraction of sp³-hybridized carbons (Fsp3) is 0.480. The lowest BCUT2D eigenvalue weighted by Crippen LogP contribution is -2.43. The van der Waals surface area contributed by atoms with Crippen LogP contribution in [0.2, 0.25) is 0 Å². The van der Waals surface area contributed by atoms with E-state index >= 15 is 0 Å². The summed E-state index contributed by atoms with van der Waals surface area (Å²) in [4.78, 5) is 31.9. The van der Waals surface area contributed by atoms with Crippen molar-refractivity contribution in [2.24, 2.45) is 5.92 Å². The summed E-state index contributed by atoms with van der Waals surface area (Å²) in [5.74, 6) is 1.64. The Morgan fingerprint density at radius 3 is 2.47 bits per heavy atom. The van der Waals surface area contributed by atoms with Gasteiger partial charge in [-0.3, -0.25) is 9.59 Å². The van der Waals surface area contributed by atoms with Gasteiger partial charge in [0.25, 0.3) is 5.91 Å². The maximum Gasteiger partial charge on any atom is 0.255 e. The Hall–Kier alpha value is -3.09. The normalized spacial score (nSPS) is 17.2. The smallest absolute Gasteiger partial charge is 0.255 e. The second-order valence-corrected chi connectivity index (χ2v) is 8.57. The first-order valence-electron chi connectivity index (χ1n) is 11.7. The Morgan fingerprint density at radius 1 is 1.06 bits per heavy atom. The zero-order chi connectivity index (χ0) is 22.3. The highest BCUT2D eigenvalue weighted by molar-refractivity contribution is 6.04. The average molecular weight is 437 g/mol. The predicted octanol–water partition coefficient (Wildman–Crippen LogP) is 4.01. The Morgan fingerprint density at radius 2 is 1.78 bits per heavy atom. The molecule has 2 aliphatic rings. The van der Waals surface area contributed by atoms with Crippen molar-refractivity contribution in [3.8, 4) is 5.75 Å². The molecule has 7 heteroatoms. The summed E-state index contributed by atoms with van der Waals surface area (Å²) in [6.45, 7) is 4.07. The van der Waals surface area contributed by atoms with E-state index in [1.165, 1.54) is 12.8 Å². The molecule has 2 fully saturated rings. The molecule has 2 amide bonds. The molecule has 7 nitrogen and oxygen atoms in total. The lowest BCUT2D eigenvalue weighted by atomic mass is 9.95. The van der Waals surface area contributed by atoms with Crippen molar-refractivity contribution in [1.82, 2.24) is 10.3 Å². The van der Waals surface area contributed by atoms with E-state index in [0.717, 1.165) is 50.3 Å². The van der Waals surface area contributed by atoms with E-state index in [2.05, 4.69) is 20.5 Å². The monoisotopic (exact) mass is 436 g/mol. The van der Waals surface area contributed by atoms with Gasteiger partial charge in [0.15, 0.2) is 0 Å². The standard InChI is InChI=1S/C25H32N4O3/c1-2-32-22-9-7-21(8-10-22)28-25(31)19-11-14-26-23(17-19)29-15-12-18(13-16-29)24(30)27-20-5-3-4-6-20/h7-11,14,17-18,20H,2-6,12-13,15-16H2,1H3,(H,27,30)(H,28,31). The molecule has 0 bridgehead atoms. The second kappa shape index (κ2) is 10.5. The highest BCUT2D eigenvalue weighted by Crippen LogP contribution is 2.25. The minimum atomic E-state index is -0.177. The Kier molecular flexibility index (Phi) is 7.24. The number of piperidine rings is 1. The number of carbonyl (C=O) groups excluding carboxylic acids is 2. The van der Waals surface area contributed by atoms with E-state index in [1.807, 2.05) is 37.3 Å². The van der Waals surface area contributed by atoms with Crippen LogP contribution < -0.4 is 20.3 Å². The number of aromatic nitrogens is 1. The number of carbonyl (C=O) groups is 2. The SMILES string of the molecule is CCOc1ccc(NC(=O)c2ccnc(N3CCC(C(=O)NC4CCCC4)CC3)c2)cc1. The van der Waals surface area contributed by atoms with Crippen LogP contribution in [0.25, 0.3) is 0 Å². The third kappa shape index (κ3) is 5.58. The average Bonchev–Trinajstić information content (AvgIpc) is 3.34. The first-order chi connectivity index (χ1) is 15.6. The van der Waals surface area contributed by atoms with E-state index in [0.29, 0.717) is 23.9 Å². The lowest BCUT2D eigenvalue weighted by molar-refractivity contribution is -0.126. The predicted molar refractivity (Wildman–Crippen MR) is 125 cm³/mol. The molecular formula is C25H32N4O3. The minimum absolute atomic E-state index is 0.0676. The van der Waals surface area contributed by atoms with Gasteiger partial charge in [-0.15, -0.1) is 0 Å². The first-order valence-corrected chi connectivity index (χ1v) is 11.7. The van der Waals surface area contributed by atoms with Crippen molar-refractivity contribution in [3.63, 3.8) is 0 Å². The van der Waals surface area contributed by atoms with Crippen LogP contribution >= 0.6 is 0 Å². The van der Waals surface area contributed by atoms with Gasteiger partial charge in [0, 0.05) is 42.5 Å². The fourth-order valence-corrected chi connectivity index (χ4v) is 4.50. The van der Waals surface area contributed by atoms with Crippen molar-refractivity contribution in [3.05, 3.63) is 48.2 Å². The molecule has 170 valence electrons. The number of benzene rings is 1. The molecule has 0 atom stereocenters. The zero-order valence-electron chi connectivity index (χ0n) is 18.7. The zero-order valence-corrected chi connectivity index (χ0v) is 18.7. The summed E-state index contributed by atoms with van der Waals surface area (Å²) < 4.78 is 5.44. The molecule has 1 saturated heterocycles. The number of hydrogen-bond acceptors (Lipinski definition) is 5. The van der Waals surface area contributed by atoms with Crippen LogP contribution in [0.15, 0.2) is 42.6 Å². The van der Waals surface area contributed by atoms with E-state index in [4.69, 9.17) is 4.74 Å². The molecule has 0 spiro atoms. The molecule has 1 aliphatic heterocycles. The highest BCUT2D eigenvalue weighted by Gasteiger charge is 2.28. The van der Waals surface area contributed by atoms with Crippen LogP contribution in [0.5, 0.6) is 5.75 Å². The number of hydrogen-bond donors (Lipinski definition) is 2. The lowest BCUT2D eigenvalue weighted by Gasteiger charge is -2.32. The first kappa shape index (κ1) is 22.1. The van der Waals surface area contributed by atoms with Crippen molar-refractivity contribution < 1.29 is 14.3 Å². The van der Waals surface area contributed by atoms with Crippen LogP contribution in [0.1, 0.15) is 55.8 Å². The summed E-state index contributed by atoms with van der Waals surface area (Å²) in [6.07, 6.45) is 7.95. The van der Waals surface area contributed by atoms with Gasteiger partial charge in [-0.2, -0.15) is 0 Å². The molecule has 2 N–H and O–H groups in total. The number of pyridine rings is 1. The summed E-state index contributed by atoms with van der Waals surface area (Å²) >= 11 is 0. The Bertz CT molecular complexity index is 917. The maximum absolute atomic E-state index is 12.7. The van der Waals surface area contributed by atoms with Gasteiger partial charge in [-0.05, 0) is 69.0 Å². The molecule has 1 aliphatic carbocycles. The number of anilines is 2. The third-order valence-electron chi connectivity index (χ3n) is 6.32. The third-order valence-corrected chi connectivity index (χ3v) is 6.32. The molecule has 4 rings (SSSR count). The number of amides is 2. The van der Waals surface area contributed by atoms with Crippen LogP contribution in [0.4, 0.5) is 11.5 Å². The van der Waals surface area contributed by atoms with Crippen LogP contribution in [-0.4, -0.2) is 42.5 Å². The van der Waals surface area contributed by atoms with Gasteiger partial charge in [0.2, 0.25) is 5.91 Å². The van der Waals surface area contributed by atoms with Crippen molar-refractivity contribution in [2.75, 3.05) is 29.9 Å². The van der Waals surface area contributed by atoms with Crippen molar-refractivity contribution in [1.29, 1.82) is 0 Å². The minimum Gasteiger partial charge on any atom is -0.494 e.